The number of nitrogens with zero attached hydrogens (tertiary/aromatic N) is 1. The van der Waals surface area contributed by atoms with Gasteiger partial charge in [-0.05, 0) is 61.0 Å². The molecule has 0 aliphatic heterocycles. The van der Waals surface area contributed by atoms with Gasteiger partial charge in [0.25, 0.3) is 5.91 Å². The third kappa shape index (κ3) is 3.39. The summed E-state index contributed by atoms with van der Waals surface area (Å²) in [5.74, 6) is 0.0132. The van der Waals surface area contributed by atoms with E-state index in [-0.39, 0.29) is 28.6 Å². The van der Waals surface area contributed by atoms with E-state index in [0.717, 1.165) is 5.56 Å². The van der Waals surface area contributed by atoms with Gasteiger partial charge in [0.15, 0.2) is 0 Å². The van der Waals surface area contributed by atoms with Crippen molar-refractivity contribution in [1.82, 2.24) is 4.40 Å². The molecule has 0 fully saturated rings. The van der Waals surface area contributed by atoms with E-state index in [1.807, 2.05) is 31.2 Å². The lowest BCUT2D eigenvalue weighted by molar-refractivity contribution is 0.102. The van der Waals surface area contributed by atoms with Crippen LogP contribution in [0.5, 0.6) is 5.75 Å². The lowest BCUT2D eigenvalue weighted by Crippen LogP contribution is -2.14. The topological polar surface area (TPSA) is 85.8 Å². The summed E-state index contributed by atoms with van der Waals surface area (Å²) in [6.45, 7) is 1.95. The van der Waals surface area contributed by atoms with Crippen LogP contribution in [-0.4, -0.2) is 23.2 Å². The molecule has 0 aliphatic rings. The second-order valence-electron chi connectivity index (χ2n) is 6.97. The molecule has 30 heavy (non-hydrogen) atoms. The Balaban J connectivity index is 1.79. The van der Waals surface area contributed by atoms with Gasteiger partial charge in [0.1, 0.15) is 11.4 Å². The summed E-state index contributed by atoms with van der Waals surface area (Å²) in [5, 5.41) is 2.88. The molecule has 2 aromatic carbocycles. The predicted octanol–water partition coefficient (Wildman–Crippen LogP) is 4.32. The van der Waals surface area contributed by atoms with Crippen molar-refractivity contribution in [3.63, 3.8) is 0 Å². The minimum Gasteiger partial charge on any atom is -0.497 e. The number of aromatic nitrogens is 1. The maximum absolute atomic E-state index is 13.2. The number of ketones is 1. The summed E-state index contributed by atoms with van der Waals surface area (Å²) >= 11 is 0. The van der Waals surface area contributed by atoms with Crippen molar-refractivity contribution < 1.29 is 14.3 Å². The Labute approximate surface area is 173 Å². The van der Waals surface area contributed by atoms with Crippen molar-refractivity contribution >= 4 is 28.6 Å². The zero-order chi connectivity index (χ0) is 21.3. The van der Waals surface area contributed by atoms with Crippen LogP contribution in [0.1, 0.15) is 32.0 Å². The molecule has 0 bridgehead atoms. The van der Waals surface area contributed by atoms with E-state index in [1.165, 1.54) is 0 Å². The number of anilines is 2. The number of carbonyl (C=O) groups excluding carboxylic acids is 2. The quantitative estimate of drug-likeness (QED) is 0.489. The summed E-state index contributed by atoms with van der Waals surface area (Å²) in [5.41, 5.74) is 9.75. The first-order valence-electron chi connectivity index (χ1n) is 9.45. The third-order valence-corrected chi connectivity index (χ3v) is 4.95. The first-order chi connectivity index (χ1) is 14.5. The van der Waals surface area contributed by atoms with Gasteiger partial charge < -0.3 is 20.2 Å². The number of aryl methyl sites for hydroxylation is 1. The van der Waals surface area contributed by atoms with Crippen molar-refractivity contribution in [2.75, 3.05) is 18.2 Å². The number of pyridine rings is 1. The number of benzene rings is 2. The van der Waals surface area contributed by atoms with E-state index in [2.05, 4.69) is 5.32 Å². The summed E-state index contributed by atoms with van der Waals surface area (Å²) in [6, 6.07) is 19.6. The summed E-state index contributed by atoms with van der Waals surface area (Å²) in [4.78, 5) is 26.3. The van der Waals surface area contributed by atoms with Crippen LogP contribution in [0, 0.1) is 6.92 Å². The summed E-state index contributed by atoms with van der Waals surface area (Å²) < 4.78 is 6.81. The number of nitrogens with two attached hydrogens (primary N) is 1. The molecule has 4 aromatic rings. The fourth-order valence-electron chi connectivity index (χ4n) is 3.49. The molecule has 0 radical (unpaired) electrons. The zero-order valence-electron chi connectivity index (χ0n) is 16.7. The molecule has 1 amide bonds. The van der Waals surface area contributed by atoms with Gasteiger partial charge >= 0.3 is 0 Å². The Morgan fingerprint density at radius 3 is 2.47 bits per heavy atom. The Bertz CT molecular complexity index is 1260. The van der Waals surface area contributed by atoms with Gasteiger partial charge in [-0.2, -0.15) is 0 Å². The third-order valence-electron chi connectivity index (χ3n) is 4.95. The fourth-order valence-corrected chi connectivity index (χ4v) is 3.49. The maximum atomic E-state index is 13.2. The number of fused-ring (bicyclic) bond motifs is 1. The molecule has 0 saturated heterocycles. The van der Waals surface area contributed by atoms with E-state index in [4.69, 9.17) is 10.5 Å². The van der Waals surface area contributed by atoms with Crippen LogP contribution in [0.15, 0.2) is 72.9 Å². The predicted molar refractivity (Wildman–Crippen MR) is 117 cm³/mol. The van der Waals surface area contributed by atoms with Gasteiger partial charge in [-0.25, -0.2) is 0 Å². The largest absolute Gasteiger partial charge is 0.497 e. The van der Waals surface area contributed by atoms with Gasteiger partial charge in [-0.15, -0.1) is 0 Å². The standard InChI is InChI=1S/C24H21N3O3/c1-15-6-5-7-17(14-15)26-24(29)20-19-8-3-4-13-27(19)22(21(20)25)23(28)16-9-11-18(30-2)12-10-16/h3-14H,25H2,1-2H3,(H,26,29). The number of nitrogens with one attached hydrogen (secondary N) is 1. The number of hydrogen-bond donors (Lipinski definition) is 2. The van der Waals surface area contributed by atoms with Crippen molar-refractivity contribution in [1.29, 1.82) is 0 Å². The van der Waals surface area contributed by atoms with E-state index in [1.54, 1.807) is 60.2 Å². The number of ether oxygens (including phenoxy) is 1. The lowest BCUT2D eigenvalue weighted by atomic mass is 10.1. The highest BCUT2D eigenvalue weighted by Crippen LogP contribution is 2.29. The minimum absolute atomic E-state index is 0.146. The molecule has 3 N–H and O–H groups in total. The van der Waals surface area contributed by atoms with E-state index in [0.29, 0.717) is 22.5 Å². The molecule has 2 heterocycles. The molecule has 150 valence electrons. The number of hydrogen-bond acceptors (Lipinski definition) is 4. The number of methoxy groups -OCH3 is 1. The second kappa shape index (κ2) is 7.75. The van der Waals surface area contributed by atoms with Crippen LogP contribution in [0.25, 0.3) is 5.52 Å². The number of rotatable bonds is 5. The van der Waals surface area contributed by atoms with Crippen molar-refractivity contribution in [2.45, 2.75) is 6.92 Å². The van der Waals surface area contributed by atoms with E-state index >= 15 is 0 Å². The molecule has 0 aliphatic carbocycles. The number of amides is 1. The Hall–Kier alpha value is -4.06. The van der Waals surface area contributed by atoms with Crippen LogP contribution in [0.2, 0.25) is 0 Å². The van der Waals surface area contributed by atoms with Crippen molar-refractivity contribution in [3.05, 3.63) is 95.3 Å². The highest BCUT2D eigenvalue weighted by Gasteiger charge is 2.26. The lowest BCUT2D eigenvalue weighted by Gasteiger charge is -2.06. The fraction of sp³-hybridized carbons (Fsp3) is 0.0833. The Morgan fingerprint density at radius 1 is 1.00 bits per heavy atom. The van der Waals surface area contributed by atoms with E-state index in [9.17, 15) is 9.59 Å². The first kappa shape index (κ1) is 19.3. The molecule has 0 saturated carbocycles. The average Bonchev–Trinajstić information content (AvgIpc) is 3.05. The Kier molecular flexibility index (Phi) is 4.98. The molecule has 6 heteroatoms. The van der Waals surface area contributed by atoms with Crippen molar-refractivity contribution in [2.24, 2.45) is 0 Å². The van der Waals surface area contributed by atoms with Crippen LogP contribution in [0.4, 0.5) is 11.4 Å². The minimum atomic E-state index is -0.365. The molecule has 4 rings (SSSR count). The SMILES string of the molecule is COc1ccc(C(=O)c2c(N)c(C(=O)Nc3cccc(C)c3)c3ccccn23)cc1. The van der Waals surface area contributed by atoms with E-state index < -0.39 is 0 Å². The summed E-state index contributed by atoms with van der Waals surface area (Å²) in [6.07, 6.45) is 1.73. The molecule has 6 nitrogen and oxygen atoms in total. The number of nitrogen functional groups attached to an aromatic ring is 1. The molecular weight excluding hydrogens is 378 g/mol. The van der Waals surface area contributed by atoms with Crippen molar-refractivity contribution in [3.8, 4) is 5.75 Å². The highest BCUT2D eigenvalue weighted by molar-refractivity contribution is 6.20. The van der Waals surface area contributed by atoms with Crippen LogP contribution in [-0.2, 0) is 0 Å². The average molecular weight is 399 g/mol. The molecule has 0 spiro atoms. The van der Waals surface area contributed by atoms with Gasteiger partial charge in [0.05, 0.1) is 23.9 Å². The van der Waals surface area contributed by atoms with Gasteiger partial charge in [-0.3, -0.25) is 9.59 Å². The molecule has 0 unspecified atom stereocenters. The molecule has 2 aromatic heterocycles. The number of carbonyl (C=O) groups is 2. The maximum Gasteiger partial charge on any atom is 0.259 e. The Morgan fingerprint density at radius 2 is 1.77 bits per heavy atom. The van der Waals surface area contributed by atoms with Gasteiger partial charge in [0.2, 0.25) is 5.78 Å². The van der Waals surface area contributed by atoms with Crippen LogP contribution < -0.4 is 15.8 Å². The monoisotopic (exact) mass is 399 g/mol. The summed E-state index contributed by atoms with van der Waals surface area (Å²) in [7, 11) is 1.56. The van der Waals surface area contributed by atoms with Gasteiger partial charge in [-0.1, -0.05) is 18.2 Å². The van der Waals surface area contributed by atoms with Gasteiger partial charge in [0, 0.05) is 17.4 Å². The first-order valence-corrected chi connectivity index (χ1v) is 9.45. The normalized spacial score (nSPS) is 10.7. The molecule has 0 atom stereocenters. The molecular formula is C24H21N3O3. The van der Waals surface area contributed by atoms with Crippen LogP contribution in [0.3, 0.4) is 0 Å². The second-order valence-corrected chi connectivity index (χ2v) is 6.97. The smallest absolute Gasteiger partial charge is 0.259 e. The zero-order valence-corrected chi connectivity index (χ0v) is 16.7. The van der Waals surface area contributed by atoms with Crippen LogP contribution >= 0.6 is 0 Å². The highest BCUT2D eigenvalue weighted by atomic mass is 16.5.